The van der Waals surface area contributed by atoms with E-state index in [2.05, 4.69) is 31.1 Å². The van der Waals surface area contributed by atoms with Crippen LogP contribution in [0.5, 0.6) is 0 Å². The van der Waals surface area contributed by atoms with Gasteiger partial charge in [0, 0.05) is 11.4 Å². The Morgan fingerprint density at radius 2 is 1.56 bits per heavy atom. The van der Waals surface area contributed by atoms with Gasteiger partial charge in [-0.05, 0) is 20.3 Å². The van der Waals surface area contributed by atoms with Gasteiger partial charge in [0.05, 0.1) is 5.69 Å². The molecule has 18 heavy (non-hydrogen) atoms. The lowest BCUT2D eigenvalue weighted by molar-refractivity contribution is 0.581. The number of aromatic nitrogens is 1. The van der Waals surface area contributed by atoms with Crippen LogP contribution in [0.1, 0.15) is 68.9 Å². The van der Waals surface area contributed by atoms with Crippen molar-refractivity contribution in [2.45, 2.75) is 72.1 Å². The zero-order chi connectivity index (χ0) is 13.2. The van der Waals surface area contributed by atoms with Gasteiger partial charge in [0.25, 0.3) is 0 Å². The van der Waals surface area contributed by atoms with Crippen LogP contribution in [0.2, 0.25) is 0 Å². The van der Waals surface area contributed by atoms with Crippen molar-refractivity contribution in [2.24, 2.45) is 0 Å². The van der Waals surface area contributed by atoms with Gasteiger partial charge in [-0.2, -0.15) is 0 Å². The third-order valence-electron chi connectivity index (χ3n) is 3.34. The number of hydrogen-bond donors (Lipinski definition) is 1. The molecule has 1 aromatic rings. The Kier molecular flexibility index (Phi) is 8.06. The van der Waals surface area contributed by atoms with Crippen LogP contribution in [-0.4, -0.2) is 11.5 Å². The highest BCUT2D eigenvalue weighted by atomic mass is 32.1. The van der Waals surface area contributed by atoms with Gasteiger partial charge in [0.2, 0.25) is 0 Å². The summed E-state index contributed by atoms with van der Waals surface area (Å²) in [5.74, 6) is 0. The summed E-state index contributed by atoms with van der Waals surface area (Å²) in [6.07, 6.45) is 11.0. The number of thiazole rings is 1. The second-order valence-corrected chi connectivity index (χ2v) is 6.27. The van der Waals surface area contributed by atoms with Crippen LogP contribution < -0.4 is 5.32 Å². The third kappa shape index (κ3) is 6.39. The van der Waals surface area contributed by atoms with Gasteiger partial charge in [0.15, 0.2) is 5.13 Å². The summed E-state index contributed by atoms with van der Waals surface area (Å²) in [4.78, 5) is 5.81. The summed E-state index contributed by atoms with van der Waals surface area (Å²) >= 11 is 1.77. The topological polar surface area (TPSA) is 24.9 Å². The molecule has 0 saturated carbocycles. The van der Waals surface area contributed by atoms with E-state index in [1.807, 2.05) is 0 Å². The number of nitrogens with one attached hydrogen (secondary N) is 1. The number of unbranched alkanes of at least 4 members (excludes halogenated alkanes) is 7. The molecule has 1 heterocycles. The summed E-state index contributed by atoms with van der Waals surface area (Å²) < 4.78 is 0. The van der Waals surface area contributed by atoms with E-state index >= 15 is 0 Å². The number of nitrogens with zero attached hydrogens (tertiary/aromatic N) is 1. The van der Waals surface area contributed by atoms with E-state index in [4.69, 9.17) is 0 Å². The molecule has 0 unspecified atom stereocenters. The number of hydrogen-bond acceptors (Lipinski definition) is 3. The molecule has 104 valence electrons. The van der Waals surface area contributed by atoms with Crippen molar-refractivity contribution in [3.8, 4) is 0 Å². The Hall–Kier alpha value is -0.570. The fourth-order valence-corrected chi connectivity index (χ4v) is 2.84. The highest BCUT2D eigenvalue weighted by Crippen LogP contribution is 2.21. The molecule has 0 aromatic carbocycles. The lowest BCUT2D eigenvalue weighted by Crippen LogP contribution is -2.00. The average molecular weight is 268 g/mol. The fraction of sp³-hybridized carbons (Fsp3) is 0.800. The molecular formula is C15H28N2S. The zero-order valence-electron chi connectivity index (χ0n) is 12.2. The first-order valence-corrected chi connectivity index (χ1v) is 8.23. The summed E-state index contributed by atoms with van der Waals surface area (Å²) in [5.41, 5.74) is 1.17. The monoisotopic (exact) mass is 268 g/mol. The molecule has 0 aliphatic carbocycles. The van der Waals surface area contributed by atoms with Crippen molar-refractivity contribution < 1.29 is 0 Å². The van der Waals surface area contributed by atoms with E-state index < -0.39 is 0 Å². The van der Waals surface area contributed by atoms with Gasteiger partial charge in [-0.15, -0.1) is 11.3 Å². The maximum Gasteiger partial charge on any atom is 0.183 e. The Bertz CT molecular complexity index is 301. The molecular weight excluding hydrogens is 240 g/mol. The molecule has 1 aromatic heterocycles. The van der Waals surface area contributed by atoms with E-state index in [9.17, 15) is 0 Å². The third-order valence-corrected chi connectivity index (χ3v) is 4.37. The Morgan fingerprint density at radius 3 is 2.11 bits per heavy atom. The van der Waals surface area contributed by atoms with Crippen LogP contribution >= 0.6 is 11.3 Å². The molecule has 2 nitrogen and oxygen atoms in total. The number of anilines is 1. The maximum atomic E-state index is 4.49. The van der Waals surface area contributed by atoms with E-state index in [-0.39, 0.29) is 0 Å². The van der Waals surface area contributed by atoms with E-state index in [1.165, 1.54) is 61.9 Å². The first-order valence-electron chi connectivity index (χ1n) is 7.42. The van der Waals surface area contributed by atoms with Gasteiger partial charge in [0.1, 0.15) is 0 Å². The minimum absolute atomic E-state index is 1.07. The molecule has 0 spiro atoms. The smallest absolute Gasteiger partial charge is 0.183 e. The van der Waals surface area contributed by atoms with Gasteiger partial charge in [-0.25, -0.2) is 4.98 Å². The summed E-state index contributed by atoms with van der Waals surface area (Å²) in [7, 11) is 0. The second kappa shape index (κ2) is 9.37. The van der Waals surface area contributed by atoms with Gasteiger partial charge >= 0.3 is 0 Å². The molecule has 1 rings (SSSR count). The molecule has 1 N–H and O–H groups in total. The predicted octanol–water partition coefficient (Wildman–Crippen LogP) is 5.31. The molecule has 0 atom stereocenters. The normalized spacial score (nSPS) is 10.8. The fourth-order valence-electron chi connectivity index (χ4n) is 2.00. The molecule has 0 saturated heterocycles. The van der Waals surface area contributed by atoms with Crippen molar-refractivity contribution >= 4 is 16.5 Å². The average Bonchev–Trinajstić information content (AvgIpc) is 2.67. The number of aryl methyl sites for hydroxylation is 2. The van der Waals surface area contributed by atoms with Crippen LogP contribution in [0.4, 0.5) is 5.13 Å². The second-order valence-electron chi connectivity index (χ2n) is 5.06. The van der Waals surface area contributed by atoms with Gasteiger partial charge in [-0.3, -0.25) is 0 Å². The van der Waals surface area contributed by atoms with E-state index in [1.54, 1.807) is 11.3 Å². The first-order chi connectivity index (χ1) is 8.74. The molecule has 0 radical (unpaired) electrons. The minimum atomic E-state index is 1.07. The molecule has 0 aliphatic heterocycles. The van der Waals surface area contributed by atoms with Gasteiger partial charge in [-0.1, -0.05) is 51.9 Å². The van der Waals surface area contributed by atoms with Crippen molar-refractivity contribution in [2.75, 3.05) is 11.9 Å². The Morgan fingerprint density at radius 1 is 0.944 bits per heavy atom. The van der Waals surface area contributed by atoms with Crippen molar-refractivity contribution in [1.82, 2.24) is 4.98 Å². The van der Waals surface area contributed by atoms with Crippen LogP contribution in [0.25, 0.3) is 0 Å². The van der Waals surface area contributed by atoms with Gasteiger partial charge < -0.3 is 5.32 Å². The largest absolute Gasteiger partial charge is 0.362 e. The molecule has 0 aliphatic rings. The number of rotatable bonds is 10. The van der Waals surface area contributed by atoms with E-state index in [0.717, 1.165) is 11.7 Å². The molecule has 3 heteroatoms. The molecule has 0 bridgehead atoms. The van der Waals surface area contributed by atoms with Crippen LogP contribution in [0, 0.1) is 13.8 Å². The summed E-state index contributed by atoms with van der Waals surface area (Å²) in [6.45, 7) is 7.55. The summed E-state index contributed by atoms with van der Waals surface area (Å²) in [6, 6.07) is 0. The Labute approximate surface area is 116 Å². The lowest BCUT2D eigenvalue weighted by Gasteiger charge is -2.03. The standard InChI is InChI=1S/C15H28N2S/c1-4-5-6-7-8-9-10-11-12-16-15-17-13(2)14(3)18-15/h4-12H2,1-3H3,(H,16,17). The maximum absolute atomic E-state index is 4.49. The van der Waals surface area contributed by atoms with Crippen molar-refractivity contribution in [3.63, 3.8) is 0 Å². The molecule has 0 fully saturated rings. The van der Waals surface area contributed by atoms with Crippen LogP contribution in [0.15, 0.2) is 0 Å². The Balaban J connectivity index is 1.92. The lowest BCUT2D eigenvalue weighted by atomic mass is 10.1. The minimum Gasteiger partial charge on any atom is -0.362 e. The first kappa shape index (κ1) is 15.5. The molecule has 0 amide bonds. The SMILES string of the molecule is CCCCCCCCCCNc1nc(C)c(C)s1. The highest BCUT2D eigenvalue weighted by molar-refractivity contribution is 7.15. The van der Waals surface area contributed by atoms with Crippen LogP contribution in [0.3, 0.4) is 0 Å². The zero-order valence-corrected chi connectivity index (χ0v) is 13.0. The van der Waals surface area contributed by atoms with Crippen LogP contribution in [-0.2, 0) is 0 Å². The highest BCUT2D eigenvalue weighted by Gasteiger charge is 2.01. The quantitative estimate of drug-likeness (QED) is 0.581. The summed E-state index contributed by atoms with van der Waals surface area (Å²) in [5, 5.41) is 4.52. The predicted molar refractivity (Wildman–Crippen MR) is 82.7 cm³/mol. The van der Waals surface area contributed by atoms with Crippen molar-refractivity contribution in [1.29, 1.82) is 0 Å². The van der Waals surface area contributed by atoms with E-state index in [0.29, 0.717) is 0 Å². The van der Waals surface area contributed by atoms with Crippen molar-refractivity contribution in [3.05, 3.63) is 10.6 Å².